The first-order valence-electron chi connectivity index (χ1n) is 4.11. The van der Waals surface area contributed by atoms with Gasteiger partial charge in [-0.05, 0) is 18.6 Å². The van der Waals surface area contributed by atoms with E-state index in [1.807, 2.05) is 12.1 Å². The van der Waals surface area contributed by atoms with Crippen molar-refractivity contribution < 1.29 is 0 Å². The highest BCUT2D eigenvalue weighted by Gasteiger charge is 2.05. The van der Waals surface area contributed by atoms with Crippen molar-refractivity contribution in [2.75, 3.05) is 0 Å². The second-order valence-electron chi connectivity index (χ2n) is 2.79. The number of hydrogen-bond donors (Lipinski definition) is 1. The highest BCUT2D eigenvalue weighted by molar-refractivity contribution is 9.10. The zero-order chi connectivity index (χ0) is 8.97. The van der Waals surface area contributed by atoms with Crippen LogP contribution in [0.4, 0.5) is 0 Å². The Hall–Kier alpha value is -0.120. The third-order valence-corrected chi connectivity index (χ3v) is 2.22. The predicted octanol–water partition coefficient (Wildman–Crippen LogP) is 3.07. The second-order valence-corrected chi connectivity index (χ2v) is 3.71. The SMILES string of the molecule is CCC[C@@H](N)c1cc(Br)ccn1.Cl. The van der Waals surface area contributed by atoms with Crippen LogP contribution in [0.25, 0.3) is 0 Å². The van der Waals surface area contributed by atoms with Crippen LogP contribution >= 0.6 is 28.3 Å². The third kappa shape index (κ3) is 4.07. The lowest BCUT2D eigenvalue weighted by atomic mass is 10.1. The van der Waals surface area contributed by atoms with Crippen molar-refractivity contribution in [3.63, 3.8) is 0 Å². The van der Waals surface area contributed by atoms with Crippen molar-refractivity contribution in [3.05, 3.63) is 28.5 Å². The summed E-state index contributed by atoms with van der Waals surface area (Å²) >= 11 is 3.39. The Morgan fingerprint density at radius 1 is 1.62 bits per heavy atom. The maximum Gasteiger partial charge on any atom is 0.0582 e. The molecule has 0 fully saturated rings. The second kappa shape index (κ2) is 6.35. The first kappa shape index (κ1) is 12.9. The van der Waals surface area contributed by atoms with Gasteiger partial charge in [0, 0.05) is 16.7 Å². The summed E-state index contributed by atoms with van der Waals surface area (Å²) in [5.41, 5.74) is 6.86. The van der Waals surface area contributed by atoms with Crippen LogP contribution in [0.2, 0.25) is 0 Å². The monoisotopic (exact) mass is 264 g/mol. The van der Waals surface area contributed by atoms with Crippen LogP contribution in [0.1, 0.15) is 31.5 Å². The van der Waals surface area contributed by atoms with Gasteiger partial charge >= 0.3 is 0 Å². The molecular formula is C9H14BrClN2. The minimum absolute atomic E-state index is 0. The fourth-order valence-electron chi connectivity index (χ4n) is 1.08. The van der Waals surface area contributed by atoms with Crippen molar-refractivity contribution in [3.8, 4) is 0 Å². The van der Waals surface area contributed by atoms with E-state index in [0.29, 0.717) is 0 Å². The summed E-state index contributed by atoms with van der Waals surface area (Å²) < 4.78 is 1.04. The van der Waals surface area contributed by atoms with E-state index in [1.165, 1.54) is 0 Å². The van der Waals surface area contributed by atoms with E-state index in [1.54, 1.807) is 6.20 Å². The maximum absolute atomic E-state index is 5.89. The topological polar surface area (TPSA) is 38.9 Å². The summed E-state index contributed by atoms with van der Waals surface area (Å²) in [6, 6.07) is 3.95. The molecule has 2 N–H and O–H groups in total. The molecule has 0 amide bonds. The molecule has 0 aliphatic heterocycles. The molecule has 2 nitrogen and oxygen atoms in total. The molecule has 74 valence electrons. The molecule has 0 aromatic carbocycles. The standard InChI is InChI=1S/C9H13BrN2.ClH/c1-2-3-8(11)9-6-7(10)4-5-12-9;/h4-6,8H,2-3,11H2,1H3;1H/t8-;/m1./s1. The van der Waals surface area contributed by atoms with Crippen LogP contribution in [-0.4, -0.2) is 4.98 Å². The average molecular weight is 266 g/mol. The minimum Gasteiger partial charge on any atom is -0.323 e. The summed E-state index contributed by atoms with van der Waals surface area (Å²) in [6.07, 6.45) is 3.85. The zero-order valence-corrected chi connectivity index (χ0v) is 9.94. The summed E-state index contributed by atoms with van der Waals surface area (Å²) in [7, 11) is 0. The fourth-order valence-corrected chi connectivity index (χ4v) is 1.44. The Morgan fingerprint density at radius 2 is 2.31 bits per heavy atom. The zero-order valence-electron chi connectivity index (χ0n) is 7.53. The summed E-state index contributed by atoms with van der Waals surface area (Å²) in [4.78, 5) is 4.20. The van der Waals surface area contributed by atoms with E-state index in [-0.39, 0.29) is 18.4 Å². The van der Waals surface area contributed by atoms with Gasteiger partial charge in [-0.3, -0.25) is 4.98 Å². The van der Waals surface area contributed by atoms with Crippen LogP contribution in [-0.2, 0) is 0 Å². The Labute approximate surface area is 93.5 Å². The number of halogens is 2. The molecule has 0 bridgehead atoms. The van der Waals surface area contributed by atoms with Gasteiger partial charge in [0.1, 0.15) is 0 Å². The van der Waals surface area contributed by atoms with Gasteiger partial charge in [0.25, 0.3) is 0 Å². The lowest BCUT2D eigenvalue weighted by molar-refractivity contribution is 0.621. The molecule has 1 atom stereocenters. The number of nitrogens with two attached hydrogens (primary N) is 1. The van der Waals surface area contributed by atoms with Gasteiger partial charge in [0.15, 0.2) is 0 Å². The van der Waals surface area contributed by atoms with E-state index in [0.717, 1.165) is 23.0 Å². The van der Waals surface area contributed by atoms with Crippen LogP contribution in [0, 0.1) is 0 Å². The van der Waals surface area contributed by atoms with Crippen molar-refractivity contribution in [1.29, 1.82) is 0 Å². The molecule has 0 aliphatic rings. The van der Waals surface area contributed by atoms with Crippen LogP contribution in [0.15, 0.2) is 22.8 Å². The summed E-state index contributed by atoms with van der Waals surface area (Å²) in [5, 5.41) is 0. The quantitative estimate of drug-likeness (QED) is 0.912. The number of pyridine rings is 1. The van der Waals surface area contributed by atoms with E-state index < -0.39 is 0 Å². The maximum atomic E-state index is 5.89. The normalized spacial score (nSPS) is 11.9. The third-order valence-electron chi connectivity index (χ3n) is 1.72. The highest BCUT2D eigenvalue weighted by atomic mass is 79.9. The average Bonchev–Trinajstić information content (AvgIpc) is 2.05. The van der Waals surface area contributed by atoms with Gasteiger partial charge in [-0.2, -0.15) is 0 Å². The lowest BCUT2D eigenvalue weighted by Gasteiger charge is -2.08. The van der Waals surface area contributed by atoms with E-state index >= 15 is 0 Å². The minimum atomic E-state index is 0. The van der Waals surface area contributed by atoms with Gasteiger partial charge < -0.3 is 5.73 Å². The number of aromatic nitrogens is 1. The van der Waals surface area contributed by atoms with E-state index in [4.69, 9.17) is 5.73 Å². The predicted molar refractivity (Wildman–Crippen MR) is 61.0 cm³/mol. The smallest absolute Gasteiger partial charge is 0.0582 e. The Kier molecular flexibility index (Phi) is 6.29. The van der Waals surface area contributed by atoms with Gasteiger partial charge in [-0.25, -0.2) is 0 Å². The molecule has 0 radical (unpaired) electrons. The number of rotatable bonds is 3. The first-order valence-corrected chi connectivity index (χ1v) is 4.90. The van der Waals surface area contributed by atoms with E-state index in [2.05, 4.69) is 27.8 Å². The summed E-state index contributed by atoms with van der Waals surface area (Å²) in [5.74, 6) is 0. The molecule has 4 heteroatoms. The molecule has 0 aliphatic carbocycles. The van der Waals surface area contributed by atoms with Gasteiger partial charge in [-0.1, -0.05) is 29.3 Å². The van der Waals surface area contributed by atoms with E-state index in [9.17, 15) is 0 Å². The molecule has 0 unspecified atom stereocenters. The van der Waals surface area contributed by atoms with Gasteiger partial charge in [-0.15, -0.1) is 12.4 Å². The fraction of sp³-hybridized carbons (Fsp3) is 0.444. The largest absolute Gasteiger partial charge is 0.323 e. The van der Waals surface area contributed by atoms with Crippen molar-refractivity contribution in [2.45, 2.75) is 25.8 Å². The van der Waals surface area contributed by atoms with Gasteiger partial charge in [0.05, 0.1) is 5.69 Å². The molecular weight excluding hydrogens is 251 g/mol. The Bertz CT molecular complexity index is 255. The molecule has 0 spiro atoms. The first-order chi connectivity index (χ1) is 5.74. The summed E-state index contributed by atoms with van der Waals surface area (Å²) in [6.45, 7) is 2.12. The van der Waals surface area contributed by atoms with Gasteiger partial charge in [0.2, 0.25) is 0 Å². The molecule has 0 saturated heterocycles. The Morgan fingerprint density at radius 3 is 2.85 bits per heavy atom. The molecule has 1 aromatic rings. The van der Waals surface area contributed by atoms with Crippen LogP contribution < -0.4 is 5.73 Å². The molecule has 0 saturated carbocycles. The van der Waals surface area contributed by atoms with Crippen LogP contribution in [0.3, 0.4) is 0 Å². The molecule has 1 heterocycles. The highest BCUT2D eigenvalue weighted by Crippen LogP contribution is 2.16. The molecule has 1 rings (SSSR count). The molecule has 1 aromatic heterocycles. The lowest BCUT2D eigenvalue weighted by Crippen LogP contribution is -2.11. The van der Waals surface area contributed by atoms with Crippen molar-refractivity contribution >= 4 is 28.3 Å². The van der Waals surface area contributed by atoms with Crippen LogP contribution in [0.5, 0.6) is 0 Å². The number of nitrogens with zero attached hydrogens (tertiary/aromatic N) is 1. The Balaban J connectivity index is 0.00000144. The van der Waals surface area contributed by atoms with Crippen molar-refractivity contribution in [1.82, 2.24) is 4.98 Å². The molecule has 13 heavy (non-hydrogen) atoms. The van der Waals surface area contributed by atoms with Crippen molar-refractivity contribution in [2.24, 2.45) is 5.73 Å². The number of hydrogen-bond acceptors (Lipinski definition) is 2.